The lowest BCUT2D eigenvalue weighted by atomic mass is 9.91. The lowest BCUT2D eigenvalue weighted by molar-refractivity contribution is 0.0899. The predicted octanol–water partition coefficient (Wildman–Crippen LogP) is 2.98. The normalized spacial score (nSPS) is 22.5. The second-order valence-corrected chi connectivity index (χ2v) is 3.58. The maximum Gasteiger partial charge on any atom is 0.0893 e. The molecule has 0 spiro atoms. The Morgan fingerprint density at radius 2 is 2.00 bits per heavy atom. The van der Waals surface area contributed by atoms with Crippen molar-refractivity contribution in [3.8, 4) is 0 Å². The second kappa shape index (κ2) is 4.43. The summed E-state index contributed by atoms with van der Waals surface area (Å²) >= 11 is 0. The van der Waals surface area contributed by atoms with Crippen LogP contribution in [0.2, 0.25) is 0 Å². The summed E-state index contributed by atoms with van der Waals surface area (Å²) in [5.41, 5.74) is 0.471. The van der Waals surface area contributed by atoms with Gasteiger partial charge in [0.2, 0.25) is 0 Å². The van der Waals surface area contributed by atoms with E-state index in [1.165, 1.54) is 0 Å². The molecule has 1 saturated carbocycles. The van der Waals surface area contributed by atoms with Crippen LogP contribution >= 0.6 is 0 Å². The highest BCUT2D eigenvalue weighted by Gasteiger charge is 2.33. The van der Waals surface area contributed by atoms with Crippen LogP contribution in [0.15, 0.2) is 36.5 Å². The first-order valence-electron chi connectivity index (χ1n) is 4.91. The maximum atomic E-state index is 10.2. The summed E-state index contributed by atoms with van der Waals surface area (Å²) in [5, 5.41) is 10.2. The van der Waals surface area contributed by atoms with Crippen LogP contribution in [0.3, 0.4) is 0 Å². The third-order valence-electron chi connectivity index (χ3n) is 2.69. The van der Waals surface area contributed by atoms with Crippen molar-refractivity contribution in [2.45, 2.75) is 38.2 Å². The van der Waals surface area contributed by atoms with Gasteiger partial charge in [-0.1, -0.05) is 43.7 Å². The molecule has 1 fully saturated rings. The standard InChI is InChI=1S/C12H18O/c1-3-5-8-11(4-2)12(13)9-6-7-10-12/h3-5,8,13H,1,6-7,9-10H2,2H3/b8-5-,11-4+. The molecule has 1 rings (SSSR count). The molecule has 0 aromatic carbocycles. The number of hydrogen-bond acceptors (Lipinski definition) is 1. The molecule has 72 valence electrons. The quantitative estimate of drug-likeness (QED) is 0.659. The van der Waals surface area contributed by atoms with Gasteiger partial charge in [-0.05, 0) is 25.3 Å². The fraction of sp³-hybridized carbons (Fsp3) is 0.500. The lowest BCUT2D eigenvalue weighted by Crippen LogP contribution is -2.25. The highest BCUT2D eigenvalue weighted by molar-refractivity contribution is 5.30. The summed E-state index contributed by atoms with van der Waals surface area (Å²) in [6, 6.07) is 0. The van der Waals surface area contributed by atoms with Crippen LogP contribution < -0.4 is 0 Å². The van der Waals surface area contributed by atoms with Crippen molar-refractivity contribution in [1.82, 2.24) is 0 Å². The topological polar surface area (TPSA) is 20.2 Å². The molecular formula is C12H18O. The van der Waals surface area contributed by atoms with Crippen molar-refractivity contribution in [3.05, 3.63) is 36.5 Å². The summed E-state index contributed by atoms with van der Waals surface area (Å²) in [4.78, 5) is 0. The van der Waals surface area contributed by atoms with Crippen LogP contribution in [0.1, 0.15) is 32.6 Å². The van der Waals surface area contributed by atoms with Crippen molar-refractivity contribution >= 4 is 0 Å². The van der Waals surface area contributed by atoms with E-state index in [9.17, 15) is 5.11 Å². The Bertz CT molecular complexity index is 230. The van der Waals surface area contributed by atoms with E-state index in [0.29, 0.717) is 0 Å². The number of aliphatic hydroxyl groups is 1. The molecule has 0 bridgehead atoms. The zero-order chi connectivity index (χ0) is 9.73. The van der Waals surface area contributed by atoms with E-state index < -0.39 is 5.60 Å². The predicted molar refractivity (Wildman–Crippen MR) is 56.5 cm³/mol. The van der Waals surface area contributed by atoms with Crippen molar-refractivity contribution < 1.29 is 5.11 Å². The molecule has 0 heterocycles. The molecule has 1 N–H and O–H groups in total. The molecular weight excluding hydrogens is 160 g/mol. The monoisotopic (exact) mass is 178 g/mol. The molecule has 0 aliphatic heterocycles. The van der Waals surface area contributed by atoms with E-state index in [0.717, 1.165) is 31.3 Å². The lowest BCUT2D eigenvalue weighted by Gasteiger charge is -2.23. The first kappa shape index (κ1) is 10.3. The summed E-state index contributed by atoms with van der Waals surface area (Å²) in [5.74, 6) is 0. The van der Waals surface area contributed by atoms with Gasteiger partial charge in [-0.25, -0.2) is 0 Å². The van der Waals surface area contributed by atoms with Gasteiger partial charge >= 0.3 is 0 Å². The molecule has 13 heavy (non-hydrogen) atoms. The Morgan fingerprint density at radius 1 is 1.38 bits per heavy atom. The zero-order valence-corrected chi connectivity index (χ0v) is 8.29. The van der Waals surface area contributed by atoms with Gasteiger partial charge in [0.15, 0.2) is 0 Å². The van der Waals surface area contributed by atoms with Gasteiger partial charge in [0.1, 0.15) is 0 Å². The van der Waals surface area contributed by atoms with E-state index in [-0.39, 0.29) is 0 Å². The van der Waals surface area contributed by atoms with E-state index in [1.54, 1.807) is 6.08 Å². The van der Waals surface area contributed by atoms with Crippen LogP contribution in [0.25, 0.3) is 0 Å². The molecule has 1 nitrogen and oxygen atoms in total. The fourth-order valence-corrected chi connectivity index (χ4v) is 1.94. The molecule has 1 heteroatoms. The Labute approximate surface area is 80.5 Å². The smallest absolute Gasteiger partial charge is 0.0893 e. The summed E-state index contributed by atoms with van der Waals surface area (Å²) in [7, 11) is 0. The first-order valence-corrected chi connectivity index (χ1v) is 4.91. The SMILES string of the molecule is C=C/C=C\C(=C/C)C1(O)CCCC1. The largest absolute Gasteiger partial charge is 0.385 e. The van der Waals surface area contributed by atoms with Gasteiger partial charge in [0.05, 0.1) is 5.60 Å². The summed E-state index contributed by atoms with van der Waals surface area (Å²) in [6.07, 6.45) is 11.6. The van der Waals surface area contributed by atoms with Gasteiger partial charge < -0.3 is 5.11 Å². The van der Waals surface area contributed by atoms with Gasteiger partial charge in [-0.15, -0.1) is 0 Å². The first-order chi connectivity index (χ1) is 6.23. The van der Waals surface area contributed by atoms with Gasteiger partial charge in [0, 0.05) is 0 Å². The molecule has 0 saturated heterocycles. The van der Waals surface area contributed by atoms with Crippen molar-refractivity contribution in [1.29, 1.82) is 0 Å². The van der Waals surface area contributed by atoms with Crippen LogP contribution in [-0.2, 0) is 0 Å². The minimum atomic E-state index is -0.561. The molecule has 0 aromatic heterocycles. The molecule has 1 aliphatic rings. The fourth-order valence-electron chi connectivity index (χ4n) is 1.94. The van der Waals surface area contributed by atoms with Gasteiger partial charge in [0.25, 0.3) is 0 Å². The Morgan fingerprint density at radius 3 is 2.46 bits per heavy atom. The average Bonchev–Trinajstić information content (AvgIpc) is 2.54. The zero-order valence-electron chi connectivity index (χ0n) is 8.29. The maximum absolute atomic E-state index is 10.2. The number of rotatable bonds is 3. The molecule has 0 atom stereocenters. The van der Waals surface area contributed by atoms with Crippen LogP contribution in [0.5, 0.6) is 0 Å². The van der Waals surface area contributed by atoms with Crippen molar-refractivity contribution in [3.63, 3.8) is 0 Å². The minimum absolute atomic E-state index is 0.561. The third kappa shape index (κ3) is 2.31. The number of hydrogen-bond donors (Lipinski definition) is 1. The Hall–Kier alpha value is -0.820. The van der Waals surface area contributed by atoms with E-state index >= 15 is 0 Å². The van der Waals surface area contributed by atoms with E-state index in [1.807, 2.05) is 25.2 Å². The Balaban J connectivity index is 2.76. The molecule has 0 unspecified atom stereocenters. The van der Waals surface area contributed by atoms with E-state index in [2.05, 4.69) is 6.58 Å². The average molecular weight is 178 g/mol. The van der Waals surface area contributed by atoms with Crippen LogP contribution in [0.4, 0.5) is 0 Å². The highest BCUT2D eigenvalue weighted by atomic mass is 16.3. The number of allylic oxidation sites excluding steroid dienone is 3. The highest BCUT2D eigenvalue weighted by Crippen LogP contribution is 2.36. The minimum Gasteiger partial charge on any atom is -0.385 e. The van der Waals surface area contributed by atoms with Crippen molar-refractivity contribution in [2.75, 3.05) is 0 Å². The summed E-state index contributed by atoms with van der Waals surface area (Å²) < 4.78 is 0. The molecule has 0 radical (unpaired) electrons. The summed E-state index contributed by atoms with van der Waals surface area (Å²) in [6.45, 7) is 5.59. The Kier molecular flexibility index (Phi) is 3.49. The van der Waals surface area contributed by atoms with Crippen LogP contribution in [-0.4, -0.2) is 10.7 Å². The van der Waals surface area contributed by atoms with Gasteiger partial charge in [-0.3, -0.25) is 0 Å². The molecule has 0 amide bonds. The van der Waals surface area contributed by atoms with E-state index in [4.69, 9.17) is 0 Å². The van der Waals surface area contributed by atoms with Crippen LogP contribution in [0, 0.1) is 0 Å². The third-order valence-corrected chi connectivity index (χ3v) is 2.69. The second-order valence-electron chi connectivity index (χ2n) is 3.58. The molecule has 1 aliphatic carbocycles. The molecule has 0 aromatic rings. The van der Waals surface area contributed by atoms with Crippen molar-refractivity contribution in [2.24, 2.45) is 0 Å². The van der Waals surface area contributed by atoms with Gasteiger partial charge in [-0.2, -0.15) is 0 Å².